The van der Waals surface area contributed by atoms with Crippen LogP contribution in [-0.4, -0.2) is 41.9 Å². The lowest BCUT2D eigenvalue weighted by atomic mass is 9.61. The van der Waals surface area contributed by atoms with Gasteiger partial charge in [-0.2, -0.15) is 0 Å². The maximum absolute atomic E-state index is 14.7. The van der Waals surface area contributed by atoms with Crippen molar-refractivity contribution in [1.29, 1.82) is 0 Å². The van der Waals surface area contributed by atoms with Crippen molar-refractivity contribution in [2.45, 2.75) is 44.1 Å². The zero-order valence-corrected chi connectivity index (χ0v) is 21.5. The Hall–Kier alpha value is -4.53. The van der Waals surface area contributed by atoms with E-state index in [-0.39, 0.29) is 30.7 Å². The van der Waals surface area contributed by atoms with Crippen LogP contribution in [0.1, 0.15) is 58.0 Å². The molecule has 0 radical (unpaired) electrons. The number of rotatable bonds is 4. The number of amides is 2. The number of imide groups is 1. The van der Waals surface area contributed by atoms with Crippen molar-refractivity contribution in [2.24, 2.45) is 0 Å². The van der Waals surface area contributed by atoms with Crippen LogP contribution in [0.15, 0.2) is 66.7 Å². The van der Waals surface area contributed by atoms with Gasteiger partial charge in [0.25, 0.3) is 11.6 Å². The number of nitrogens with zero attached hydrogens (tertiary/aromatic N) is 3. The molecule has 0 saturated carbocycles. The van der Waals surface area contributed by atoms with E-state index in [2.05, 4.69) is 4.90 Å². The summed E-state index contributed by atoms with van der Waals surface area (Å²) in [4.78, 5) is 55.4. The number of piperidine rings is 1. The van der Waals surface area contributed by atoms with Crippen LogP contribution in [-0.2, 0) is 21.4 Å². The van der Waals surface area contributed by atoms with Gasteiger partial charge in [0, 0.05) is 36.0 Å². The standard InChI is InChI=1S/C30H27N3O6/c1-2-39-28(35)19-10-12-21(13-11-19)32-27(34)23-7-3-4-8-24(23)30(29(32)36)18-20-17-22(33(37)38)14-15-25(20)31-16-6-5-9-26(30)31/h3-4,7-8,10-15,17,26H,2,5-6,9,16,18H2,1H3/t26-,30-/m1/s1. The van der Waals surface area contributed by atoms with E-state index in [0.29, 0.717) is 22.4 Å². The van der Waals surface area contributed by atoms with Crippen LogP contribution < -0.4 is 9.80 Å². The summed E-state index contributed by atoms with van der Waals surface area (Å²) in [7, 11) is 0. The van der Waals surface area contributed by atoms with Crippen molar-refractivity contribution < 1.29 is 24.0 Å². The number of benzene rings is 3. The van der Waals surface area contributed by atoms with E-state index in [9.17, 15) is 24.5 Å². The first-order valence-electron chi connectivity index (χ1n) is 13.2. The molecule has 0 N–H and O–H groups in total. The molecule has 1 fully saturated rings. The van der Waals surface area contributed by atoms with E-state index in [0.717, 1.165) is 37.1 Å². The summed E-state index contributed by atoms with van der Waals surface area (Å²) >= 11 is 0. The third-order valence-corrected chi connectivity index (χ3v) is 8.19. The molecule has 0 unspecified atom stereocenters. The van der Waals surface area contributed by atoms with Crippen LogP contribution in [0.5, 0.6) is 0 Å². The van der Waals surface area contributed by atoms with Crippen LogP contribution in [0.2, 0.25) is 0 Å². The highest BCUT2D eigenvalue weighted by Gasteiger charge is 2.59. The van der Waals surface area contributed by atoms with Crippen molar-refractivity contribution in [2.75, 3.05) is 23.0 Å². The second-order valence-electron chi connectivity index (χ2n) is 10.2. The fraction of sp³-hybridized carbons (Fsp3) is 0.300. The quantitative estimate of drug-likeness (QED) is 0.208. The number of hydrogen-bond acceptors (Lipinski definition) is 7. The Morgan fingerprint density at radius 3 is 2.59 bits per heavy atom. The fourth-order valence-electron chi connectivity index (χ4n) is 6.53. The summed E-state index contributed by atoms with van der Waals surface area (Å²) in [6.07, 6.45) is 2.87. The number of nitro benzene ring substituents is 1. The van der Waals surface area contributed by atoms with E-state index in [4.69, 9.17) is 4.74 Å². The monoisotopic (exact) mass is 525 g/mol. The molecule has 3 aromatic carbocycles. The van der Waals surface area contributed by atoms with Gasteiger partial charge < -0.3 is 9.64 Å². The van der Waals surface area contributed by atoms with E-state index in [1.807, 2.05) is 12.1 Å². The number of carbonyl (C=O) groups is 3. The van der Waals surface area contributed by atoms with Crippen LogP contribution in [0, 0.1) is 10.1 Å². The molecule has 198 valence electrons. The number of hydrogen-bond donors (Lipinski definition) is 0. The Bertz CT molecular complexity index is 1520. The van der Waals surface area contributed by atoms with Crippen molar-refractivity contribution in [3.8, 4) is 0 Å². The molecule has 1 spiro atoms. The molecule has 3 aliphatic heterocycles. The number of nitro groups is 1. The summed E-state index contributed by atoms with van der Waals surface area (Å²) in [5.74, 6) is -1.27. The van der Waals surface area contributed by atoms with Gasteiger partial charge in [-0.25, -0.2) is 9.69 Å². The molecule has 1 saturated heterocycles. The van der Waals surface area contributed by atoms with E-state index >= 15 is 0 Å². The first-order valence-corrected chi connectivity index (χ1v) is 13.2. The first kappa shape index (κ1) is 24.8. The van der Waals surface area contributed by atoms with Gasteiger partial charge >= 0.3 is 5.97 Å². The summed E-state index contributed by atoms with van der Waals surface area (Å²) in [6.45, 7) is 2.68. The summed E-state index contributed by atoms with van der Waals surface area (Å²) < 4.78 is 5.07. The van der Waals surface area contributed by atoms with Crippen molar-refractivity contribution in [3.05, 3.63) is 99.1 Å². The molecule has 6 rings (SSSR count). The number of carbonyl (C=O) groups excluding carboxylic acids is 3. The van der Waals surface area contributed by atoms with E-state index in [1.165, 1.54) is 11.0 Å². The molecular weight excluding hydrogens is 498 g/mol. The maximum Gasteiger partial charge on any atom is 0.338 e. The highest BCUT2D eigenvalue weighted by atomic mass is 16.6. The molecule has 39 heavy (non-hydrogen) atoms. The molecule has 0 aromatic heterocycles. The largest absolute Gasteiger partial charge is 0.462 e. The second kappa shape index (κ2) is 9.34. The highest BCUT2D eigenvalue weighted by molar-refractivity contribution is 6.28. The van der Waals surface area contributed by atoms with Crippen molar-refractivity contribution >= 4 is 34.8 Å². The molecule has 9 heteroatoms. The van der Waals surface area contributed by atoms with Gasteiger partial charge in [0.15, 0.2) is 0 Å². The molecule has 3 heterocycles. The molecule has 3 aromatic rings. The summed E-state index contributed by atoms with van der Waals surface area (Å²) in [6, 6.07) is 18.1. The van der Waals surface area contributed by atoms with Crippen LogP contribution >= 0.6 is 0 Å². The lowest BCUT2D eigenvalue weighted by molar-refractivity contribution is -0.384. The Morgan fingerprint density at radius 1 is 1.08 bits per heavy atom. The van der Waals surface area contributed by atoms with Gasteiger partial charge in [0.2, 0.25) is 5.91 Å². The summed E-state index contributed by atoms with van der Waals surface area (Å²) in [5, 5.41) is 11.6. The lowest BCUT2D eigenvalue weighted by Crippen LogP contribution is -2.67. The van der Waals surface area contributed by atoms with Gasteiger partial charge in [0.05, 0.1) is 22.8 Å². The third-order valence-electron chi connectivity index (χ3n) is 8.19. The molecule has 3 aliphatic rings. The predicted octanol–water partition coefficient (Wildman–Crippen LogP) is 4.81. The lowest BCUT2D eigenvalue weighted by Gasteiger charge is -2.55. The zero-order chi connectivity index (χ0) is 27.3. The van der Waals surface area contributed by atoms with Crippen LogP contribution in [0.3, 0.4) is 0 Å². The highest BCUT2D eigenvalue weighted by Crippen LogP contribution is 2.51. The Morgan fingerprint density at radius 2 is 1.85 bits per heavy atom. The number of ether oxygens (including phenoxy) is 1. The normalized spacial score (nSPS) is 21.7. The predicted molar refractivity (Wildman–Crippen MR) is 144 cm³/mol. The topological polar surface area (TPSA) is 110 Å². The molecule has 0 bridgehead atoms. The number of non-ortho nitro benzene ring substituents is 1. The molecular formula is C30H27N3O6. The Labute approximate surface area is 225 Å². The fourth-order valence-corrected chi connectivity index (χ4v) is 6.53. The van der Waals surface area contributed by atoms with E-state index in [1.54, 1.807) is 55.5 Å². The SMILES string of the molecule is CCOC(=O)c1ccc(N2C(=O)c3ccccc3[C@@]3(Cc4cc([N+](=O)[O-])ccc4N4CCCC[C@@H]43)C2=O)cc1. The number of fused-ring (bicyclic) bond motifs is 6. The van der Waals surface area contributed by atoms with Crippen molar-refractivity contribution in [1.82, 2.24) is 0 Å². The Kier molecular flexibility index (Phi) is 5.94. The minimum atomic E-state index is -1.12. The first-order chi connectivity index (χ1) is 18.9. The average molecular weight is 526 g/mol. The van der Waals surface area contributed by atoms with Crippen molar-refractivity contribution in [3.63, 3.8) is 0 Å². The molecule has 2 amide bonds. The smallest absolute Gasteiger partial charge is 0.338 e. The van der Waals surface area contributed by atoms with Crippen LogP contribution in [0.4, 0.5) is 17.1 Å². The second-order valence-corrected chi connectivity index (χ2v) is 10.2. The van der Waals surface area contributed by atoms with Gasteiger partial charge in [0.1, 0.15) is 5.41 Å². The number of anilines is 2. The number of esters is 1. The van der Waals surface area contributed by atoms with Crippen LogP contribution in [0.25, 0.3) is 0 Å². The minimum absolute atomic E-state index is 0.0293. The summed E-state index contributed by atoms with van der Waals surface area (Å²) in [5.41, 5.74) is 2.26. The van der Waals surface area contributed by atoms with E-state index < -0.39 is 22.2 Å². The minimum Gasteiger partial charge on any atom is -0.462 e. The third kappa shape index (κ3) is 3.71. The molecule has 2 atom stereocenters. The van der Waals surface area contributed by atoms with Gasteiger partial charge in [-0.05, 0) is 80.1 Å². The zero-order valence-electron chi connectivity index (χ0n) is 21.5. The molecule has 0 aliphatic carbocycles. The van der Waals surface area contributed by atoms with Gasteiger partial charge in [-0.3, -0.25) is 19.7 Å². The van der Waals surface area contributed by atoms with Gasteiger partial charge in [-0.15, -0.1) is 0 Å². The molecule has 9 nitrogen and oxygen atoms in total. The average Bonchev–Trinajstić information content (AvgIpc) is 2.96. The van der Waals surface area contributed by atoms with Gasteiger partial charge in [-0.1, -0.05) is 18.2 Å². The Balaban J connectivity index is 1.53. The maximum atomic E-state index is 14.7.